The highest BCUT2D eigenvalue weighted by atomic mass is 79.9. The number of nitrogens with zero attached hydrogens (tertiary/aromatic N) is 2. The lowest BCUT2D eigenvalue weighted by Gasteiger charge is -1.98. The van der Waals surface area contributed by atoms with Crippen LogP contribution in [0.25, 0.3) is 10.9 Å². The Kier molecular flexibility index (Phi) is 2.54. The second-order valence-electron chi connectivity index (χ2n) is 3.21. The Bertz CT molecular complexity index is 490. The first-order valence-corrected chi connectivity index (χ1v) is 5.61. The minimum atomic E-state index is 0.740. The van der Waals surface area contributed by atoms with Crippen LogP contribution in [0.5, 0.6) is 0 Å². The fraction of sp³-hybridized carbons (Fsp3) is 0.300. The zero-order valence-corrected chi connectivity index (χ0v) is 10.4. The average Bonchev–Trinajstić information content (AvgIpc) is 2.42. The number of hydrogen-bond acceptors (Lipinski definition) is 1. The summed E-state index contributed by atoms with van der Waals surface area (Å²) in [4.78, 5) is 0. The molecule has 0 radical (unpaired) electrons. The standard InChI is InChI=1S/C10H10BrClN2/c1-3-9-7-4-6(11)5-8(12)10(7)14(2)13-9/h4-5H,3H2,1-2H3. The van der Waals surface area contributed by atoms with E-state index in [0.29, 0.717) is 0 Å². The number of fused-ring (bicyclic) bond motifs is 1. The lowest BCUT2D eigenvalue weighted by atomic mass is 10.2. The van der Waals surface area contributed by atoms with Crippen molar-refractivity contribution in [2.24, 2.45) is 7.05 Å². The molecule has 0 unspecified atom stereocenters. The van der Waals surface area contributed by atoms with E-state index in [9.17, 15) is 0 Å². The first-order chi connectivity index (χ1) is 6.63. The zero-order chi connectivity index (χ0) is 10.3. The molecule has 0 saturated heterocycles. The van der Waals surface area contributed by atoms with Gasteiger partial charge in [-0.1, -0.05) is 34.5 Å². The van der Waals surface area contributed by atoms with Crippen molar-refractivity contribution in [3.63, 3.8) is 0 Å². The highest BCUT2D eigenvalue weighted by molar-refractivity contribution is 9.10. The van der Waals surface area contributed by atoms with Crippen molar-refractivity contribution in [3.05, 3.63) is 27.3 Å². The minimum Gasteiger partial charge on any atom is -0.266 e. The Labute approximate surface area is 96.0 Å². The van der Waals surface area contributed by atoms with Gasteiger partial charge in [-0.15, -0.1) is 0 Å². The van der Waals surface area contributed by atoms with Crippen molar-refractivity contribution in [1.82, 2.24) is 9.78 Å². The van der Waals surface area contributed by atoms with E-state index in [4.69, 9.17) is 11.6 Å². The molecule has 2 nitrogen and oxygen atoms in total. The van der Waals surface area contributed by atoms with Crippen LogP contribution in [0.4, 0.5) is 0 Å². The summed E-state index contributed by atoms with van der Waals surface area (Å²) in [5.41, 5.74) is 2.09. The highest BCUT2D eigenvalue weighted by Gasteiger charge is 2.10. The van der Waals surface area contributed by atoms with Crippen LogP contribution in [-0.4, -0.2) is 9.78 Å². The summed E-state index contributed by atoms with van der Waals surface area (Å²) in [6.45, 7) is 2.09. The summed E-state index contributed by atoms with van der Waals surface area (Å²) in [6, 6.07) is 3.96. The van der Waals surface area contributed by atoms with E-state index in [1.807, 2.05) is 17.8 Å². The maximum atomic E-state index is 6.15. The van der Waals surface area contributed by atoms with Gasteiger partial charge in [0.05, 0.1) is 16.2 Å². The molecule has 0 spiro atoms. The predicted octanol–water partition coefficient (Wildman–Crippen LogP) is 3.55. The average molecular weight is 274 g/mol. The number of halogens is 2. The van der Waals surface area contributed by atoms with E-state index >= 15 is 0 Å². The molecule has 0 bridgehead atoms. The second kappa shape index (κ2) is 3.55. The molecular formula is C10H10BrClN2. The van der Waals surface area contributed by atoms with Gasteiger partial charge in [0.1, 0.15) is 0 Å². The summed E-state index contributed by atoms with van der Waals surface area (Å²) >= 11 is 9.58. The van der Waals surface area contributed by atoms with E-state index in [2.05, 4.69) is 34.0 Å². The van der Waals surface area contributed by atoms with Crippen LogP contribution in [0.2, 0.25) is 5.02 Å². The Morgan fingerprint density at radius 2 is 2.21 bits per heavy atom. The Hall–Kier alpha value is -0.540. The van der Waals surface area contributed by atoms with Crippen molar-refractivity contribution >= 4 is 38.4 Å². The van der Waals surface area contributed by atoms with Gasteiger partial charge in [0.2, 0.25) is 0 Å². The number of benzene rings is 1. The summed E-state index contributed by atoms with van der Waals surface area (Å²) in [6.07, 6.45) is 0.921. The summed E-state index contributed by atoms with van der Waals surface area (Å²) in [5.74, 6) is 0. The van der Waals surface area contributed by atoms with Crippen LogP contribution < -0.4 is 0 Å². The Morgan fingerprint density at radius 3 is 2.86 bits per heavy atom. The van der Waals surface area contributed by atoms with Gasteiger partial charge in [-0.05, 0) is 18.6 Å². The van der Waals surface area contributed by atoms with Crippen LogP contribution in [-0.2, 0) is 13.5 Å². The molecule has 0 aliphatic carbocycles. The molecule has 0 aliphatic rings. The molecule has 0 atom stereocenters. The predicted molar refractivity (Wildman–Crippen MR) is 62.8 cm³/mol. The fourth-order valence-electron chi connectivity index (χ4n) is 1.66. The number of aryl methyl sites for hydroxylation is 2. The van der Waals surface area contributed by atoms with E-state index < -0.39 is 0 Å². The van der Waals surface area contributed by atoms with Crippen molar-refractivity contribution in [3.8, 4) is 0 Å². The maximum Gasteiger partial charge on any atom is 0.0868 e. The van der Waals surface area contributed by atoms with E-state index in [1.54, 1.807) is 0 Å². The Morgan fingerprint density at radius 1 is 1.50 bits per heavy atom. The maximum absolute atomic E-state index is 6.15. The molecule has 74 valence electrons. The summed E-state index contributed by atoms with van der Waals surface area (Å²) < 4.78 is 2.83. The van der Waals surface area contributed by atoms with Gasteiger partial charge >= 0.3 is 0 Å². The van der Waals surface area contributed by atoms with Crippen LogP contribution in [0, 0.1) is 0 Å². The molecule has 4 heteroatoms. The van der Waals surface area contributed by atoms with Gasteiger partial charge in [0.25, 0.3) is 0 Å². The molecule has 0 saturated carbocycles. The SMILES string of the molecule is CCc1nn(C)c2c(Cl)cc(Br)cc12. The van der Waals surface area contributed by atoms with Crippen molar-refractivity contribution in [1.29, 1.82) is 0 Å². The molecule has 0 N–H and O–H groups in total. The zero-order valence-electron chi connectivity index (χ0n) is 8.01. The van der Waals surface area contributed by atoms with E-state index in [1.165, 1.54) is 0 Å². The van der Waals surface area contributed by atoms with Gasteiger partial charge < -0.3 is 0 Å². The second-order valence-corrected chi connectivity index (χ2v) is 4.53. The quantitative estimate of drug-likeness (QED) is 0.777. The van der Waals surface area contributed by atoms with E-state index in [0.717, 1.165) is 32.5 Å². The molecular weight excluding hydrogens is 263 g/mol. The van der Waals surface area contributed by atoms with Crippen LogP contribution >= 0.6 is 27.5 Å². The molecule has 0 amide bonds. The first-order valence-electron chi connectivity index (χ1n) is 4.44. The molecule has 1 heterocycles. The van der Waals surface area contributed by atoms with Gasteiger partial charge in [0, 0.05) is 16.9 Å². The number of rotatable bonds is 1. The third-order valence-corrected chi connectivity index (χ3v) is 3.01. The number of aromatic nitrogens is 2. The van der Waals surface area contributed by atoms with Crippen molar-refractivity contribution < 1.29 is 0 Å². The first kappa shape index (κ1) is 9.99. The van der Waals surface area contributed by atoms with Crippen molar-refractivity contribution in [2.75, 3.05) is 0 Å². The van der Waals surface area contributed by atoms with Crippen LogP contribution in [0.1, 0.15) is 12.6 Å². The van der Waals surface area contributed by atoms with Crippen LogP contribution in [0.15, 0.2) is 16.6 Å². The summed E-state index contributed by atoms with van der Waals surface area (Å²) in [7, 11) is 1.92. The number of hydrogen-bond donors (Lipinski definition) is 0. The van der Waals surface area contributed by atoms with Gasteiger partial charge in [-0.3, -0.25) is 4.68 Å². The minimum absolute atomic E-state index is 0.740. The lowest BCUT2D eigenvalue weighted by molar-refractivity contribution is 0.770. The molecule has 0 aliphatic heterocycles. The molecule has 14 heavy (non-hydrogen) atoms. The largest absolute Gasteiger partial charge is 0.266 e. The molecule has 1 aromatic heterocycles. The summed E-state index contributed by atoms with van der Waals surface area (Å²) in [5, 5.41) is 6.30. The topological polar surface area (TPSA) is 17.8 Å². The normalized spacial score (nSPS) is 11.1. The smallest absolute Gasteiger partial charge is 0.0868 e. The molecule has 2 rings (SSSR count). The van der Waals surface area contributed by atoms with Gasteiger partial charge in [-0.25, -0.2) is 0 Å². The molecule has 1 aromatic carbocycles. The highest BCUT2D eigenvalue weighted by Crippen LogP contribution is 2.29. The third-order valence-electron chi connectivity index (χ3n) is 2.27. The monoisotopic (exact) mass is 272 g/mol. The fourth-order valence-corrected chi connectivity index (χ4v) is 2.59. The van der Waals surface area contributed by atoms with Gasteiger partial charge in [0.15, 0.2) is 0 Å². The molecule has 2 aromatic rings. The Balaban J connectivity index is 2.89. The molecule has 0 fully saturated rings. The van der Waals surface area contributed by atoms with E-state index in [-0.39, 0.29) is 0 Å². The van der Waals surface area contributed by atoms with Gasteiger partial charge in [-0.2, -0.15) is 5.10 Å². The van der Waals surface area contributed by atoms with Crippen molar-refractivity contribution in [2.45, 2.75) is 13.3 Å². The van der Waals surface area contributed by atoms with Crippen LogP contribution in [0.3, 0.4) is 0 Å². The third kappa shape index (κ3) is 1.44. The lowest BCUT2D eigenvalue weighted by Crippen LogP contribution is -1.90.